The number of rotatable bonds is 4. The lowest BCUT2D eigenvalue weighted by Gasteiger charge is -2.24. The van der Waals surface area contributed by atoms with Crippen molar-refractivity contribution < 1.29 is 4.79 Å². The number of nitriles is 1. The molecule has 5 nitrogen and oxygen atoms in total. The van der Waals surface area contributed by atoms with Gasteiger partial charge in [-0.3, -0.25) is 4.79 Å². The van der Waals surface area contributed by atoms with Crippen LogP contribution in [0.1, 0.15) is 25.2 Å². The summed E-state index contributed by atoms with van der Waals surface area (Å²) in [4.78, 5) is 16.4. The molecule has 0 aliphatic carbocycles. The summed E-state index contributed by atoms with van der Waals surface area (Å²) >= 11 is 5.97. The molecule has 2 aromatic rings. The predicted molar refractivity (Wildman–Crippen MR) is 81.9 cm³/mol. The number of imidazole rings is 1. The monoisotopic (exact) mass is 304 g/mol. The van der Waals surface area contributed by atoms with Crippen molar-refractivity contribution in [3.05, 3.63) is 29.6 Å². The first kappa shape index (κ1) is 15.3. The molecular formula is C15H17ClN4O. The van der Waals surface area contributed by atoms with E-state index in [-0.39, 0.29) is 11.8 Å². The standard InChI is InChI=1S/C15H17ClN4O/c1-15(2,14(21)18-3)9-20-11-6-4-5-10(8-17)13(11)19-12(20)7-16/h4-6H,7,9H2,1-3H3,(H,18,21). The number of nitrogens with zero attached hydrogens (tertiary/aromatic N) is 3. The van der Waals surface area contributed by atoms with Gasteiger partial charge in [0.25, 0.3) is 0 Å². The van der Waals surface area contributed by atoms with Crippen LogP contribution in [-0.2, 0) is 17.2 Å². The molecule has 1 aromatic carbocycles. The number of para-hydroxylation sites is 1. The SMILES string of the molecule is CNC(=O)C(C)(C)Cn1c(CCl)nc2c(C#N)cccc21. The molecule has 6 heteroatoms. The Balaban J connectivity index is 2.58. The van der Waals surface area contributed by atoms with Crippen LogP contribution in [0.2, 0.25) is 0 Å². The summed E-state index contributed by atoms with van der Waals surface area (Å²) in [5.41, 5.74) is 1.35. The van der Waals surface area contributed by atoms with Gasteiger partial charge in [-0.05, 0) is 26.0 Å². The van der Waals surface area contributed by atoms with Gasteiger partial charge in [-0.25, -0.2) is 4.98 Å². The lowest BCUT2D eigenvalue weighted by molar-refractivity contribution is -0.129. The average Bonchev–Trinajstić information content (AvgIpc) is 2.83. The fourth-order valence-corrected chi connectivity index (χ4v) is 2.57. The summed E-state index contributed by atoms with van der Waals surface area (Å²) in [6.07, 6.45) is 0. The van der Waals surface area contributed by atoms with Crippen LogP contribution in [0.25, 0.3) is 11.0 Å². The minimum atomic E-state index is -0.605. The zero-order chi connectivity index (χ0) is 15.6. The van der Waals surface area contributed by atoms with Crippen molar-refractivity contribution in [3.63, 3.8) is 0 Å². The quantitative estimate of drug-likeness (QED) is 0.882. The van der Waals surface area contributed by atoms with E-state index in [0.717, 1.165) is 5.52 Å². The number of carbonyl (C=O) groups is 1. The maximum atomic E-state index is 12.0. The molecule has 1 N–H and O–H groups in total. The van der Waals surface area contributed by atoms with Crippen LogP contribution in [0.3, 0.4) is 0 Å². The molecule has 0 aliphatic heterocycles. The number of fused-ring (bicyclic) bond motifs is 1. The largest absolute Gasteiger partial charge is 0.359 e. The van der Waals surface area contributed by atoms with Crippen molar-refractivity contribution in [3.8, 4) is 6.07 Å². The minimum Gasteiger partial charge on any atom is -0.359 e. The molecule has 0 saturated heterocycles. The van der Waals surface area contributed by atoms with Crippen molar-refractivity contribution in [1.29, 1.82) is 5.26 Å². The van der Waals surface area contributed by atoms with Gasteiger partial charge >= 0.3 is 0 Å². The van der Waals surface area contributed by atoms with E-state index in [1.54, 1.807) is 13.1 Å². The molecule has 0 spiro atoms. The maximum Gasteiger partial charge on any atom is 0.227 e. The summed E-state index contributed by atoms with van der Waals surface area (Å²) in [5.74, 6) is 0.830. The Morgan fingerprint density at radius 3 is 2.81 bits per heavy atom. The molecule has 0 unspecified atom stereocenters. The summed E-state index contributed by atoms with van der Waals surface area (Å²) in [6.45, 7) is 4.17. The molecule has 0 saturated carbocycles. The number of carbonyl (C=O) groups excluding carboxylic acids is 1. The van der Waals surface area contributed by atoms with Crippen LogP contribution < -0.4 is 5.32 Å². The van der Waals surface area contributed by atoms with Crippen molar-refractivity contribution >= 4 is 28.5 Å². The third-order valence-electron chi connectivity index (χ3n) is 3.49. The van der Waals surface area contributed by atoms with E-state index in [1.807, 2.05) is 30.5 Å². The van der Waals surface area contributed by atoms with Gasteiger partial charge < -0.3 is 9.88 Å². The van der Waals surface area contributed by atoms with Crippen LogP contribution in [0.5, 0.6) is 0 Å². The van der Waals surface area contributed by atoms with Crippen molar-refractivity contribution in [1.82, 2.24) is 14.9 Å². The fraction of sp³-hybridized carbons (Fsp3) is 0.400. The Morgan fingerprint density at radius 1 is 1.52 bits per heavy atom. The number of hydrogen-bond donors (Lipinski definition) is 1. The molecule has 2 rings (SSSR count). The molecule has 0 fully saturated rings. The minimum absolute atomic E-state index is 0.0543. The lowest BCUT2D eigenvalue weighted by Crippen LogP contribution is -2.38. The molecule has 1 heterocycles. The van der Waals surface area contributed by atoms with Gasteiger partial charge in [-0.15, -0.1) is 11.6 Å². The van der Waals surface area contributed by atoms with E-state index in [1.165, 1.54) is 0 Å². The Labute approximate surface area is 128 Å². The smallest absolute Gasteiger partial charge is 0.227 e. The molecule has 0 bridgehead atoms. The molecule has 1 aromatic heterocycles. The Morgan fingerprint density at radius 2 is 2.24 bits per heavy atom. The number of benzene rings is 1. The van der Waals surface area contributed by atoms with Crippen LogP contribution in [0.15, 0.2) is 18.2 Å². The van der Waals surface area contributed by atoms with Crippen molar-refractivity contribution in [2.45, 2.75) is 26.3 Å². The summed E-state index contributed by atoms with van der Waals surface area (Å²) in [5, 5.41) is 11.8. The number of nitrogens with one attached hydrogen (secondary N) is 1. The molecule has 0 atom stereocenters. The van der Waals surface area contributed by atoms with E-state index in [4.69, 9.17) is 11.6 Å². The topological polar surface area (TPSA) is 70.7 Å². The maximum absolute atomic E-state index is 12.0. The van der Waals surface area contributed by atoms with E-state index in [0.29, 0.717) is 23.4 Å². The van der Waals surface area contributed by atoms with Gasteiger partial charge in [0.1, 0.15) is 17.4 Å². The number of halogens is 1. The highest BCUT2D eigenvalue weighted by molar-refractivity contribution is 6.16. The van der Waals surface area contributed by atoms with E-state index < -0.39 is 5.41 Å². The summed E-state index contributed by atoms with van der Waals surface area (Å²) < 4.78 is 1.92. The summed E-state index contributed by atoms with van der Waals surface area (Å²) in [6, 6.07) is 7.55. The Kier molecular flexibility index (Phi) is 4.19. The number of hydrogen-bond acceptors (Lipinski definition) is 3. The number of alkyl halides is 1. The fourth-order valence-electron chi connectivity index (χ4n) is 2.37. The molecule has 1 amide bonds. The van der Waals surface area contributed by atoms with Crippen molar-refractivity contribution in [2.75, 3.05) is 7.05 Å². The second kappa shape index (κ2) is 5.74. The van der Waals surface area contributed by atoms with Gasteiger partial charge in [0.15, 0.2) is 0 Å². The molecule has 110 valence electrons. The Hall–Kier alpha value is -2.06. The van der Waals surface area contributed by atoms with E-state index in [2.05, 4.69) is 16.4 Å². The van der Waals surface area contributed by atoms with Gasteiger partial charge in [0.05, 0.1) is 22.4 Å². The first-order valence-electron chi connectivity index (χ1n) is 6.61. The van der Waals surface area contributed by atoms with Crippen LogP contribution in [0, 0.1) is 16.7 Å². The van der Waals surface area contributed by atoms with E-state index in [9.17, 15) is 10.1 Å². The predicted octanol–water partition coefficient (Wildman–Crippen LogP) is 2.42. The summed E-state index contributed by atoms with van der Waals surface area (Å²) in [7, 11) is 1.62. The van der Waals surface area contributed by atoms with Crippen molar-refractivity contribution in [2.24, 2.45) is 5.41 Å². The third kappa shape index (κ3) is 2.72. The number of aromatic nitrogens is 2. The van der Waals surface area contributed by atoms with Gasteiger partial charge in [0, 0.05) is 13.6 Å². The molecule has 0 radical (unpaired) electrons. The van der Waals surface area contributed by atoms with Gasteiger partial charge in [-0.1, -0.05) is 6.07 Å². The first-order valence-corrected chi connectivity index (χ1v) is 7.14. The normalized spacial score (nSPS) is 11.4. The zero-order valence-electron chi connectivity index (χ0n) is 12.3. The van der Waals surface area contributed by atoms with Gasteiger partial charge in [-0.2, -0.15) is 5.26 Å². The first-order chi connectivity index (χ1) is 9.94. The molecule has 0 aliphatic rings. The number of amides is 1. The second-order valence-electron chi connectivity index (χ2n) is 5.50. The lowest BCUT2D eigenvalue weighted by atomic mass is 9.92. The molecule has 21 heavy (non-hydrogen) atoms. The second-order valence-corrected chi connectivity index (χ2v) is 5.76. The average molecular weight is 305 g/mol. The van der Waals surface area contributed by atoms with Crippen LogP contribution in [0.4, 0.5) is 0 Å². The van der Waals surface area contributed by atoms with Crippen LogP contribution in [-0.4, -0.2) is 22.5 Å². The molecular weight excluding hydrogens is 288 g/mol. The highest BCUT2D eigenvalue weighted by atomic mass is 35.5. The highest BCUT2D eigenvalue weighted by Gasteiger charge is 2.29. The van der Waals surface area contributed by atoms with Crippen LogP contribution >= 0.6 is 11.6 Å². The Bertz CT molecular complexity index is 727. The van der Waals surface area contributed by atoms with E-state index >= 15 is 0 Å². The third-order valence-corrected chi connectivity index (χ3v) is 3.73. The van der Waals surface area contributed by atoms with Gasteiger partial charge in [0.2, 0.25) is 5.91 Å². The zero-order valence-corrected chi connectivity index (χ0v) is 13.0. The highest BCUT2D eigenvalue weighted by Crippen LogP contribution is 2.26.